The van der Waals surface area contributed by atoms with E-state index < -0.39 is 0 Å². The molecule has 3 heteroatoms. The van der Waals surface area contributed by atoms with Crippen LogP contribution in [0.1, 0.15) is 12.8 Å². The molecule has 1 aliphatic carbocycles. The summed E-state index contributed by atoms with van der Waals surface area (Å²) in [5, 5.41) is 3.45. The third-order valence-corrected chi connectivity index (χ3v) is 1.89. The zero-order valence-electron chi connectivity index (χ0n) is 6.49. The van der Waals surface area contributed by atoms with Gasteiger partial charge in [0.1, 0.15) is 0 Å². The molecule has 11 heavy (non-hydrogen) atoms. The second kappa shape index (κ2) is 2.72. The summed E-state index contributed by atoms with van der Waals surface area (Å²) >= 11 is 0. The van der Waals surface area contributed by atoms with Crippen molar-refractivity contribution in [3.8, 4) is 12.5 Å². The van der Waals surface area contributed by atoms with Crippen LogP contribution >= 0.6 is 0 Å². The van der Waals surface area contributed by atoms with Gasteiger partial charge in [-0.1, -0.05) is 6.42 Å². The van der Waals surface area contributed by atoms with Gasteiger partial charge in [-0.3, -0.25) is 0 Å². The topological polar surface area (TPSA) is 15.5 Å². The summed E-state index contributed by atoms with van der Waals surface area (Å²) in [5.74, 6) is 0.783. The Morgan fingerprint density at radius 3 is 2.73 bits per heavy atom. The van der Waals surface area contributed by atoms with E-state index in [2.05, 4.69) is 6.04 Å². The van der Waals surface area contributed by atoms with Crippen LogP contribution in [0.4, 0.5) is 0 Å². The highest BCUT2D eigenvalue weighted by molar-refractivity contribution is 4.85. The fraction of sp³-hybridized carbons (Fsp3) is 0.750. The molecule has 0 aromatic rings. The standard InChI is InChI=1S/C8H12N2O/c1-2-9(7-8-3-4-8)11-10-5-6-10/h1,8H,3-7H2. The molecule has 1 saturated carbocycles. The van der Waals surface area contributed by atoms with E-state index in [1.165, 1.54) is 12.8 Å². The first kappa shape index (κ1) is 6.96. The van der Waals surface area contributed by atoms with E-state index in [9.17, 15) is 0 Å². The summed E-state index contributed by atoms with van der Waals surface area (Å²) in [6, 6.07) is 2.51. The molecule has 0 bridgehead atoms. The van der Waals surface area contributed by atoms with Crippen molar-refractivity contribution >= 4 is 0 Å². The quantitative estimate of drug-likeness (QED) is 0.252. The maximum atomic E-state index is 5.29. The maximum absolute atomic E-state index is 5.29. The van der Waals surface area contributed by atoms with E-state index in [1.54, 1.807) is 5.06 Å². The first-order valence-electron chi connectivity index (χ1n) is 4.05. The molecular weight excluding hydrogens is 140 g/mol. The van der Waals surface area contributed by atoms with Crippen molar-refractivity contribution in [2.75, 3.05) is 19.6 Å². The van der Waals surface area contributed by atoms with Crippen LogP contribution in [0.5, 0.6) is 0 Å². The summed E-state index contributed by atoms with van der Waals surface area (Å²) in [4.78, 5) is 5.29. The molecule has 2 rings (SSSR count). The van der Waals surface area contributed by atoms with Gasteiger partial charge < -0.3 is 0 Å². The van der Waals surface area contributed by atoms with E-state index in [1.807, 2.05) is 5.06 Å². The lowest BCUT2D eigenvalue weighted by atomic mass is 10.4. The van der Waals surface area contributed by atoms with Crippen LogP contribution in [-0.2, 0) is 4.94 Å². The number of rotatable bonds is 4. The molecule has 1 aliphatic heterocycles. The minimum Gasteiger partial charge on any atom is -0.191 e. The van der Waals surface area contributed by atoms with E-state index >= 15 is 0 Å². The van der Waals surface area contributed by atoms with Gasteiger partial charge in [-0.15, -0.1) is 0 Å². The Morgan fingerprint density at radius 1 is 1.55 bits per heavy atom. The molecule has 2 fully saturated rings. The fourth-order valence-electron chi connectivity index (χ4n) is 0.906. The Bertz CT molecular complexity index is 165. The number of hydroxylamine groups is 4. The Hall–Kier alpha value is -0.720. The van der Waals surface area contributed by atoms with Gasteiger partial charge in [0, 0.05) is 19.1 Å². The summed E-state index contributed by atoms with van der Waals surface area (Å²) in [5.41, 5.74) is 0. The van der Waals surface area contributed by atoms with Crippen LogP contribution < -0.4 is 0 Å². The zero-order chi connectivity index (χ0) is 7.68. The molecule has 0 atom stereocenters. The lowest BCUT2D eigenvalue weighted by molar-refractivity contribution is -0.242. The normalized spacial score (nSPS) is 22.8. The molecule has 0 unspecified atom stereocenters. The molecule has 60 valence electrons. The Kier molecular flexibility index (Phi) is 1.72. The van der Waals surface area contributed by atoms with Gasteiger partial charge in [0.05, 0.1) is 6.54 Å². The zero-order valence-corrected chi connectivity index (χ0v) is 6.49. The lowest BCUT2D eigenvalue weighted by Gasteiger charge is -2.15. The largest absolute Gasteiger partial charge is 0.191 e. The molecule has 0 aromatic heterocycles. The highest BCUT2D eigenvalue weighted by Crippen LogP contribution is 2.29. The van der Waals surface area contributed by atoms with Gasteiger partial charge in [0.2, 0.25) is 0 Å². The van der Waals surface area contributed by atoms with Crippen molar-refractivity contribution < 1.29 is 4.94 Å². The van der Waals surface area contributed by atoms with Crippen molar-refractivity contribution in [3.05, 3.63) is 0 Å². The van der Waals surface area contributed by atoms with Crippen LogP contribution in [0.15, 0.2) is 0 Å². The first-order valence-corrected chi connectivity index (χ1v) is 4.05. The molecule has 1 saturated heterocycles. The van der Waals surface area contributed by atoms with Gasteiger partial charge in [-0.05, 0) is 18.8 Å². The summed E-state index contributed by atoms with van der Waals surface area (Å²) in [7, 11) is 0. The highest BCUT2D eigenvalue weighted by Gasteiger charge is 2.27. The molecule has 0 radical (unpaired) electrons. The lowest BCUT2D eigenvalue weighted by Crippen LogP contribution is -2.23. The number of hydrogen-bond acceptors (Lipinski definition) is 3. The Morgan fingerprint density at radius 2 is 2.27 bits per heavy atom. The van der Waals surface area contributed by atoms with Crippen LogP contribution in [0.3, 0.4) is 0 Å². The molecular formula is C8H12N2O. The van der Waals surface area contributed by atoms with Gasteiger partial charge >= 0.3 is 0 Å². The third-order valence-electron chi connectivity index (χ3n) is 1.89. The van der Waals surface area contributed by atoms with Gasteiger partial charge in [0.15, 0.2) is 0 Å². The molecule has 2 aliphatic rings. The smallest absolute Gasteiger partial charge is 0.0591 e. The van der Waals surface area contributed by atoms with Crippen molar-refractivity contribution in [2.24, 2.45) is 5.92 Å². The average molecular weight is 152 g/mol. The molecule has 1 heterocycles. The third kappa shape index (κ3) is 2.11. The highest BCUT2D eigenvalue weighted by atomic mass is 16.8. The maximum Gasteiger partial charge on any atom is 0.0591 e. The van der Waals surface area contributed by atoms with Gasteiger partial charge in [0.25, 0.3) is 0 Å². The van der Waals surface area contributed by atoms with E-state index in [-0.39, 0.29) is 0 Å². The van der Waals surface area contributed by atoms with Crippen LogP contribution in [0.25, 0.3) is 0 Å². The molecule has 0 spiro atoms. The number of terminal acetylenes is 1. The second-order valence-electron chi connectivity index (χ2n) is 3.14. The average Bonchev–Trinajstić information content (AvgIpc) is 2.78. The summed E-state index contributed by atoms with van der Waals surface area (Å²) < 4.78 is 0. The van der Waals surface area contributed by atoms with Gasteiger partial charge in [-0.25, -0.2) is 0 Å². The molecule has 3 nitrogen and oxygen atoms in total. The predicted molar refractivity (Wildman–Crippen MR) is 40.9 cm³/mol. The van der Waals surface area contributed by atoms with E-state index in [4.69, 9.17) is 11.4 Å². The Balaban J connectivity index is 1.71. The van der Waals surface area contributed by atoms with Crippen LogP contribution in [0, 0.1) is 18.4 Å². The van der Waals surface area contributed by atoms with Gasteiger partial charge in [-0.2, -0.15) is 15.1 Å². The number of hydrogen-bond donors (Lipinski definition) is 0. The second-order valence-corrected chi connectivity index (χ2v) is 3.14. The van der Waals surface area contributed by atoms with E-state index in [0.29, 0.717) is 0 Å². The van der Waals surface area contributed by atoms with Crippen LogP contribution in [-0.4, -0.2) is 29.8 Å². The van der Waals surface area contributed by atoms with Crippen molar-refractivity contribution in [1.82, 2.24) is 10.1 Å². The molecule has 0 amide bonds. The first-order chi connectivity index (χ1) is 5.38. The minimum atomic E-state index is 0.783. The summed E-state index contributed by atoms with van der Waals surface area (Å²) in [6.07, 6.45) is 7.86. The van der Waals surface area contributed by atoms with Crippen molar-refractivity contribution in [1.29, 1.82) is 0 Å². The van der Waals surface area contributed by atoms with Crippen molar-refractivity contribution in [3.63, 3.8) is 0 Å². The Labute approximate surface area is 66.8 Å². The van der Waals surface area contributed by atoms with Crippen molar-refractivity contribution in [2.45, 2.75) is 12.8 Å². The monoisotopic (exact) mass is 152 g/mol. The van der Waals surface area contributed by atoms with E-state index in [0.717, 1.165) is 25.6 Å². The SMILES string of the molecule is C#CN(CC1CC1)ON1CC1. The predicted octanol–water partition coefficient (Wildman–Crippen LogP) is 0.451. The van der Waals surface area contributed by atoms with Crippen LogP contribution in [0.2, 0.25) is 0 Å². The molecule has 0 N–H and O–H groups in total. The molecule has 0 aromatic carbocycles. The minimum absolute atomic E-state index is 0.783. The number of nitrogens with zero attached hydrogens (tertiary/aromatic N) is 2. The fourth-order valence-corrected chi connectivity index (χ4v) is 0.906. The summed E-state index contributed by atoms with van der Waals surface area (Å²) in [6.45, 7) is 2.93.